The van der Waals surface area contributed by atoms with Gasteiger partial charge < -0.3 is 9.84 Å². The number of aliphatic hydroxyl groups excluding tert-OH is 1. The normalized spacial score (nSPS) is 17.9. The Bertz CT molecular complexity index is 1210. The van der Waals surface area contributed by atoms with Gasteiger partial charge in [0.15, 0.2) is 0 Å². The van der Waals surface area contributed by atoms with Crippen LogP contribution < -0.4 is 9.64 Å². The Balaban J connectivity index is 1.93. The smallest absolute Gasteiger partial charge is 0.300 e. The van der Waals surface area contributed by atoms with Crippen LogP contribution in [0.15, 0.2) is 59.5 Å². The Labute approximate surface area is 185 Å². The molecule has 31 heavy (non-hydrogen) atoms. The molecule has 2 aromatic carbocycles. The van der Waals surface area contributed by atoms with Gasteiger partial charge in [-0.25, -0.2) is 0 Å². The quantitative estimate of drug-likeness (QED) is 0.344. The molecule has 3 aromatic rings. The number of aliphatic hydroxyl groups is 1. The van der Waals surface area contributed by atoms with Crippen LogP contribution in [0, 0.1) is 20.8 Å². The summed E-state index contributed by atoms with van der Waals surface area (Å²) >= 11 is 1.45. The number of thiophene rings is 1. The summed E-state index contributed by atoms with van der Waals surface area (Å²) in [5.41, 5.74) is 4.10. The maximum atomic E-state index is 13.2. The molecule has 0 spiro atoms. The SMILES string of the molecule is COc1ccc(/C(O)=C2/C(=O)C(=O)N(c3ccc(C)c(C)c3)C2c2cccs2)c(C)c1. The summed E-state index contributed by atoms with van der Waals surface area (Å²) in [7, 11) is 1.57. The molecular weight excluding hydrogens is 410 g/mol. The first-order valence-electron chi connectivity index (χ1n) is 9.90. The lowest BCUT2D eigenvalue weighted by Gasteiger charge is -2.25. The number of carbonyl (C=O) groups excluding carboxylic acids is 2. The van der Waals surface area contributed by atoms with E-state index in [1.807, 2.05) is 56.5 Å². The van der Waals surface area contributed by atoms with Crippen molar-refractivity contribution in [1.29, 1.82) is 0 Å². The number of carbonyl (C=O) groups is 2. The van der Waals surface area contributed by atoms with E-state index < -0.39 is 17.7 Å². The molecule has 1 aromatic heterocycles. The van der Waals surface area contributed by atoms with Crippen molar-refractivity contribution in [1.82, 2.24) is 0 Å². The van der Waals surface area contributed by atoms with Crippen molar-refractivity contribution in [2.24, 2.45) is 0 Å². The van der Waals surface area contributed by atoms with Gasteiger partial charge in [-0.2, -0.15) is 0 Å². The lowest BCUT2D eigenvalue weighted by Crippen LogP contribution is -2.29. The van der Waals surface area contributed by atoms with Gasteiger partial charge in [0.25, 0.3) is 11.7 Å². The van der Waals surface area contributed by atoms with E-state index in [-0.39, 0.29) is 11.3 Å². The Hall–Kier alpha value is -3.38. The molecule has 1 atom stereocenters. The van der Waals surface area contributed by atoms with Gasteiger partial charge in [0.05, 0.1) is 12.7 Å². The summed E-state index contributed by atoms with van der Waals surface area (Å²) in [6.45, 7) is 5.80. The highest BCUT2D eigenvalue weighted by molar-refractivity contribution is 7.10. The number of benzene rings is 2. The average Bonchev–Trinajstić information content (AvgIpc) is 3.37. The number of amides is 1. The highest BCUT2D eigenvalue weighted by Crippen LogP contribution is 2.44. The first-order chi connectivity index (χ1) is 14.8. The molecule has 6 heteroatoms. The second-order valence-electron chi connectivity index (χ2n) is 7.63. The Morgan fingerprint density at radius 1 is 1.00 bits per heavy atom. The second-order valence-corrected chi connectivity index (χ2v) is 8.61. The van der Waals surface area contributed by atoms with Crippen LogP contribution in [0.2, 0.25) is 0 Å². The van der Waals surface area contributed by atoms with Crippen molar-refractivity contribution in [2.75, 3.05) is 12.0 Å². The Morgan fingerprint density at radius 2 is 1.77 bits per heavy atom. The molecule has 1 N–H and O–H groups in total. The van der Waals surface area contributed by atoms with E-state index in [9.17, 15) is 14.7 Å². The van der Waals surface area contributed by atoms with Gasteiger partial charge in [-0.1, -0.05) is 12.1 Å². The van der Waals surface area contributed by atoms with Crippen molar-refractivity contribution >= 4 is 34.5 Å². The number of Topliss-reactive ketones (excluding diaryl/α,β-unsaturated/α-hetero) is 1. The Morgan fingerprint density at radius 3 is 2.39 bits per heavy atom. The van der Waals surface area contributed by atoms with Gasteiger partial charge >= 0.3 is 0 Å². The molecule has 0 saturated carbocycles. The molecule has 0 bridgehead atoms. The molecule has 0 aliphatic carbocycles. The molecule has 2 heterocycles. The fourth-order valence-corrected chi connectivity index (χ4v) is 4.69. The molecule has 1 saturated heterocycles. The zero-order valence-corrected chi connectivity index (χ0v) is 18.6. The number of anilines is 1. The molecule has 1 fully saturated rings. The van der Waals surface area contributed by atoms with Crippen LogP contribution in [0.25, 0.3) is 5.76 Å². The van der Waals surface area contributed by atoms with E-state index in [0.29, 0.717) is 17.0 Å². The summed E-state index contributed by atoms with van der Waals surface area (Å²) in [5, 5.41) is 13.1. The average molecular weight is 434 g/mol. The van der Waals surface area contributed by atoms with E-state index in [1.165, 1.54) is 16.2 Å². The minimum Gasteiger partial charge on any atom is -0.507 e. The minimum atomic E-state index is -0.691. The van der Waals surface area contributed by atoms with Crippen LogP contribution in [-0.2, 0) is 9.59 Å². The van der Waals surface area contributed by atoms with Gasteiger partial charge in [0.1, 0.15) is 17.6 Å². The summed E-state index contributed by atoms with van der Waals surface area (Å²) in [4.78, 5) is 28.6. The summed E-state index contributed by atoms with van der Waals surface area (Å²) < 4.78 is 5.24. The van der Waals surface area contributed by atoms with Crippen LogP contribution in [0.3, 0.4) is 0 Å². The summed E-state index contributed by atoms with van der Waals surface area (Å²) in [5.74, 6) is -0.860. The monoisotopic (exact) mass is 433 g/mol. The molecule has 1 aliphatic rings. The number of nitrogens with zero attached hydrogens (tertiary/aromatic N) is 1. The van der Waals surface area contributed by atoms with Crippen LogP contribution >= 0.6 is 11.3 Å². The molecule has 1 amide bonds. The van der Waals surface area contributed by atoms with Gasteiger partial charge in [-0.15, -0.1) is 11.3 Å². The van der Waals surface area contributed by atoms with Crippen molar-refractivity contribution in [3.8, 4) is 5.75 Å². The fraction of sp³-hybridized carbons (Fsp3) is 0.200. The highest BCUT2D eigenvalue weighted by Gasteiger charge is 2.47. The van der Waals surface area contributed by atoms with Crippen LogP contribution in [0.4, 0.5) is 5.69 Å². The third-order valence-corrected chi connectivity index (χ3v) is 6.64. The summed E-state index contributed by atoms with van der Waals surface area (Å²) in [6.07, 6.45) is 0. The number of methoxy groups -OCH3 is 1. The Kier molecular flexibility index (Phi) is 5.41. The number of aryl methyl sites for hydroxylation is 3. The predicted molar refractivity (Wildman–Crippen MR) is 123 cm³/mol. The third-order valence-electron chi connectivity index (χ3n) is 5.71. The first-order valence-corrected chi connectivity index (χ1v) is 10.8. The molecule has 158 valence electrons. The van der Waals surface area contributed by atoms with E-state index >= 15 is 0 Å². The second kappa shape index (κ2) is 8.04. The number of hydrogen-bond acceptors (Lipinski definition) is 5. The van der Waals surface area contributed by atoms with Gasteiger partial charge in [-0.05, 0) is 79.2 Å². The maximum absolute atomic E-state index is 13.2. The number of ether oxygens (including phenoxy) is 1. The van der Waals surface area contributed by atoms with Crippen molar-refractivity contribution in [2.45, 2.75) is 26.8 Å². The topological polar surface area (TPSA) is 66.8 Å². The molecule has 1 unspecified atom stereocenters. The first kappa shape index (κ1) is 20.9. The van der Waals surface area contributed by atoms with Crippen molar-refractivity contribution in [3.63, 3.8) is 0 Å². The largest absolute Gasteiger partial charge is 0.507 e. The van der Waals surface area contributed by atoms with Crippen LogP contribution in [-0.4, -0.2) is 23.9 Å². The number of rotatable bonds is 4. The molecule has 5 nitrogen and oxygen atoms in total. The minimum absolute atomic E-state index is 0.0962. The molecule has 1 aliphatic heterocycles. The van der Waals surface area contributed by atoms with Crippen molar-refractivity contribution in [3.05, 3.63) is 86.6 Å². The van der Waals surface area contributed by atoms with Gasteiger partial charge in [0.2, 0.25) is 0 Å². The van der Waals surface area contributed by atoms with E-state index in [2.05, 4.69) is 0 Å². The van der Waals surface area contributed by atoms with Gasteiger partial charge in [-0.3, -0.25) is 14.5 Å². The molecular formula is C25H23NO4S. The van der Waals surface area contributed by atoms with E-state index in [0.717, 1.165) is 21.6 Å². The van der Waals surface area contributed by atoms with E-state index in [1.54, 1.807) is 25.3 Å². The standard InChI is InChI=1S/C25H23NO4S/c1-14-7-8-17(12-15(14)2)26-22(20-6-5-11-31-20)21(24(28)25(26)29)23(27)19-10-9-18(30-4)13-16(19)3/h5-13,22,27H,1-4H3/b23-21-. The maximum Gasteiger partial charge on any atom is 0.300 e. The highest BCUT2D eigenvalue weighted by atomic mass is 32.1. The zero-order chi connectivity index (χ0) is 22.3. The lowest BCUT2D eigenvalue weighted by atomic mass is 9.97. The zero-order valence-electron chi connectivity index (χ0n) is 17.8. The number of ketones is 1. The summed E-state index contributed by atoms with van der Waals surface area (Å²) in [6, 6.07) is 14.0. The fourth-order valence-electron chi connectivity index (χ4n) is 3.86. The molecule has 0 radical (unpaired) electrons. The predicted octanol–water partition coefficient (Wildman–Crippen LogP) is 5.31. The van der Waals surface area contributed by atoms with Crippen molar-refractivity contribution < 1.29 is 19.4 Å². The third kappa shape index (κ3) is 3.53. The number of hydrogen-bond donors (Lipinski definition) is 1. The van der Waals surface area contributed by atoms with Crippen LogP contribution in [0.1, 0.15) is 33.2 Å². The van der Waals surface area contributed by atoms with Gasteiger partial charge in [0, 0.05) is 16.1 Å². The van der Waals surface area contributed by atoms with E-state index in [4.69, 9.17) is 4.74 Å². The molecule has 4 rings (SSSR count). The lowest BCUT2D eigenvalue weighted by molar-refractivity contribution is -0.132. The van der Waals surface area contributed by atoms with Crippen LogP contribution in [0.5, 0.6) is 5.75 Å².